The van der Waals surface area contributed by atoms with Crippen LogP contribution in [0.1, 0.15) is 12.8 Å². The number of carbonyl (C=O) groups excluding carboxylic acids is 2. The first-order valence-electron chi connectivity index (χ1n) is 9.58. The van der Waals surface area contributed by atoms with Gasteiger partial charge in [-0.3, -0.25) is 9.59 Å². The van der Waals surface area contributed by atoms with Crippen molar-refractivity contribution < 1.29 is 14.3 Å². The van der Waals surface area contributed by atoms with E-state index in [9.17, 15) is 9.59 Å². The van der Waals surface area contributed by atoms with Crippen LogP contribution in [0.5, 0.6) is 5.75 Å². The van der Waals surface area contributed by atoms with Crippen molar-refractivity contribution in [1.82, 2.24) is 15.1 Å². The van der Waals surface area contributed by atoms with E-state index in [4.69, 9.17) is 4.74 Å². The summed E-state index contributed by atoms with van der Waals surface area (Å²) in [6.45, 7) is 4.20. The Labute approximate surface area is 161 Å². The molecule has 2 fully saturated rings. The van der Waals surface area contributed by atoms with Crippen LogP contribution in [0.4, 0.5) is 5.69 Å². The number of methoxy groups -OCH3 is 1. The monoisotopic (exact) mass is 374 g/mol. The molecule has 1 aliphatic heterocycles. The number of ether oxygens (including phenoxy) is 1. The summed E-state index contributed by atoms with van der Waals surface area (Å²) in [5.41, 5.74) is 0.319. The highest BCUT2D eigenvalue weighted by atomic mass is 16.5. The summed E-state index contributed by atoms with van der Waals surface area (Å²) < 4.78 is 5.20. The van der Waals surface area contributed by atoms with Gasteiger partial charge >= 0.3 is 0 Å². The standard InChI is InChI=1S/C20H30N4O3/c1-22(2)11-10-21-18(25)20(8-9-20)19(26)24-14-12-23(13-15-24)16-4-6-17(27-3)7-5-16/h4-7H,8-15H2,1-3H3,(H,21,25). The van der Waals surface area contributed by atoms with Crippen LogP contribution >= 0.6 is 0 Å². The van der Waals surface area contributed by atoms with Crippen LogP contribution < -0.4 is 15.0 Å². The van der Waals surface area contributed by atoms with Gasteiger partial charge in [0.1, 0.15) is 11.2 Å². The van der Waals surface area contributed by atoms with E-state index in [-0.39, 0.29) is 11.8 Å². The summed E-state index contributed by atoms with van der Waals surface area (Å²) in [6.07, 6.45) is 1.33. The number of nitrogens with one attached hydrogen (secondary N) is 1. The van der Waals surface area contributed by atoms with Crippen molar-refractivity contribution in [2.24, 2.45) is 5.41 Å². The maximum Gasteiger partial charge on any atom is 0.238 e. The van der Waals surface area contributed by atoms with Gasteiger partial charge in [-0.05, 0) is 51.2 Å². The molecule has 0 spiro atoms. The smallest absolute Gasteiger partial charge is 0.238 e. The fourth-order valence-corrected chi connectivity index (χ4v) is 3.49. The molecular weight excluding hydrogens is 344 g/mol. The SMILES string of the molecule is COc1ccc(N2CCN(C(=O)C3(C(=O)NCCN(C)C)CC3)CC2)cc1. The van der Waals surface area contributed by atoms with Crippen LogP contribution in [0, 0.1) is 5.41 Å². The van der Waals surface area contributed by atoms with E-state index in [1.54, 1.807) is 7.11 Å². The van der Waals surface area contributed by atoms with Crippen molar-refractivity contribution in [1.29, 1.82) is 0 Å². The lowest BCUT2D eigenvalue weighted by atomic mass is 10.0. The fourth-order valence-electron chi connectivity index (χ4n) is 3.49. The zero-order valence-corrected chi connectivity index (χ0v) is 16.5. The summed E-state index contributed by atoms with van der Waals surface area (Å²) in [5, 5.41) is 2.93. The second kappa shape index (κ2) is 8.17. The third-order valence-electron chi connectivity index (χ3n) is 5.44. The number of anilines is 1. The topological polar surface area (TPSA) is 65.1 Å². The van der Waals surface area contributed by atoms with Crippen molar-refractivity contribution in [3.8, 4) is 5.75 Å². The lowest BCUT2D eigenvalue weighted by molar-refractivity contribution is -0.144. The predicted molar refractivity (Wildman–Crippen MR) is 105 cm³/mol. The minimum Gasteiger partial charge on any atom is -0.497 e. The molecule has 1 saturated heterocycles. The molecule has 2 amide bonds. The Morgan fingerprint density at radius 3 is 2.26 bits per heavy atom. The van der Waals surface area contributed by atoms with Gasteiger partial charge in [0.15, 0.2) is 0 Å². The number of benzene rings is 1. The molecule has 3 rings (SSSR count). The molecule has 7 nitrogen and oxygen atoms in total. The summed E-state index contributed by atoms with van der Waals surface area (Å²) in [7, 11) is 5.59. The van der Waals surface area contributed by atoms with Crippen molar-refractivity contribution in [3.63, 3.8) is 0 Å². The van der Waals surface area contributed by atoms with Gasteiger partial charge in [-0.1, -0.05) is 0 Å². The molecule has 2 aliphatic rings. The highest BCUT2D eigenvalue weighted by Crippen LogP contribution is 2.47. The molecule has 0 radical (unpaired) electrons. The highest BCUT2D eigenvalue weighted by Gasteiger charge is 2.58. The Bertz CT molecular complexity index is 662. The number of amides is 2. The van der Waals surface area contributed by atoms with Crippen LogP contribution in [0.15, 0.2) is 24.3 Å². The molecule has 0 aromatic heterocycles. The van der Waals surface area contributed by atoms with Crippen LogP contribution in [0.25, 0.3) is 0 Å². The molecule has 0 unspecified atom stereocenters. The molecule has 1 aliphatic carbocycles. The zero-order valence-electron chi connectivity index (χ0n) is 16.5. The van der Waals surface area contributed by atoms with Gasteiger partial charge in [0.25, 0.3) is 0 Å². The second-order valence-electron chi connectivity index (χ2n) is 7.62. The van der Waals surface area contributed by atoms with Crippen LogP contribution in [0.2, 0.25) is 0 Å². The average Bonchev–Trinajstić information content (AvgIpc) is 3.49. The molecule has 1 heterocycles. The number of likely N-dealkylation sites (N-methyl/N-ethyl adjacent to an activating group) is 1. The summed E-state index contributed by atoms with van der Waals surface area (Å²) >= 11 is 0. The van der Waals surface area contributed by atoms with E-state index in [1.165, 1.54) is 0 Å². The molecule has 27 heavy (non-hydrogen) atoms. The van der Waals surface area contributed by atoms with Gasteiger partial charge in [0.2, 0.25) is 11.8 Å². The molecule has 0 bridgehead atoms. The Morgan fingerprint density at radius 2 is 1.74 bits per heavy atom. The maximum absolute atomic E-state index is 13.0. The molecular formula is C20H30N4O3. The highest BCUT2D eigenvalue weighted by molar-refractivity contribution is 6.07. The van der Waals surface area contributed by atoms with Crippen LogP contribution in [-0.4, -0.2) is 82.1 Å². The normalized spacial score (nSPS) is 18.4. The van der Waals surface area contributed by atoms with Gasteiger partial charge < -0.3 is 24.8 Å². The van der Waals surface area contributed by atoms with Gasteiger partial charge in [-0.15, -0.1) is 0 Å². The maximum atomic E-state index is 13.0. The van der Waals surface area contributed by atoms with E-state index in [1.807, 2.05) is 48.2 Å². The molecule has 1 aromatic rings. The van der Waals surface area contributed by atoms with Crippen molar-refractivity contribution in [2.75, 3.05) is 65.4 Å². The van der Waals surface area contributed by atoms with E-state index >= 15 is 0 Å². The molecule has 148 valence electrons. The summed E-state index contributed by atoms with van der Waals surface area (Å²) in [4.78, 5) is 31.6. The lowest BCUT2D eigenvalue weighted by Crippen LogP contribution is -2.53. The number of hydrogen-bond donors (Lipinski definition) is 1. The number of nitrogens with zero attached hydrogens (tertiary/aromatic N) is 3. The minimum atomic E-state index is -0.811. The third-order valence-corrected chi connectivity index (χ3v) is 5.44. The number of hydrogen-bond acceptors (Lipinski definition) is 5. The third kappa shape index (κ3) is 4.35. The van der Waals surface area contributed by atoms with Gasteiger partial charge in [0.05, 0.1) is 7.11 Å². The first-order chi connectivity index (χ1) is 13.0. The molecule has 7 heteroatoms. The van der Waals surface area contributed by atoms with Crippen molar-refractivity contribution >= 4 is 17.5 Å². The van der Waals surface area contributed by atoms with Gasteiger partial charge in [-0.25, -0.2) is 0 Å². The Hall–Kier alpha value is -2.28. The predicted octanol–water partition coefficient (Wildman–Crippen LogP) is 0.802. The quantitative estimate of drug-likeness (QED) is 0.716. The first-order valence-corrected chi connectivity index (χ1v) is 9.58. The van der Waals surface area contributed by atoms with Crippen molar-refractivity contribution in [3.05, 3.63) is 24.3 Å². The van der Waals surface area contributed by atoms with Gasteiger partial charge in [-0.2, -0.15) is 0 Å². The Morgan fingerprint density at radius 1 is 1.11 bits per heavy atom. The van der Waals surface area contributed by atoms with E-state index in [0.717, 1.165) is 31.1 Å². The first kappa shape index (κ1) is 19.5. The van der Waals surface area contributed by atoms with Crippen LogP contribution in [0.3, 0.4) is 0 Å². The fraction of sp³-hybridized carbons (Fsp3) is 0.600. The molecule has 1 aromatic carbocycles. The molecule has 1 N–H and O–H groups in total. The number of rotatable bonds is 7. The average molecular weight is 374 g/mol. The van der Waals surface area contributed by atoms with Gasteiger partial charge in [0, 0.05) is 45.0 Å². The van der Waals surface area contributed by atoms with E-state index in [0.29, 0.717) is 32.5 Å². The largest absolute Gasteiger partial charge is 0.497 e. The Kier molecular flexibility index (Phi) is 5.89. The Balaban J connectivity index is 1.52. The lowest BCUT2D eigenvalue weighted by Gasteiger charge is -2.37. The summed E-state index contributed by atoms with van der Waals surface area (Å²) in [6, 6.07) is 7.97. The molecule has 0 atom stereocenters. The summed E-state index contributed by atoms with van der Waals surface area (Å²) in [5.74, 6) is 0.731. The van der Waals surface area contributed by atoms with Crippen molar-refractivity contribution in [2.45, 2.75) is 12.8 Å². The zero-order chi connectivity index (χ0) is 19.4. The van der Waals surface area contributed by atoms with Crippen LogP contribution in [-0.2, 0) is 9.59 Å². The second-order valence-corrected chi connectivity index (χ2v) is 7.62. The minimum absolute atomic E-state index is 0.000709. The number of piperazine rings is 1. The van der Waals surface area contributed by atoms with E-state index in [2.05, 4.69) is 10.2 Å². The van der Waals surface area contributed by atoms with E-state index < -0.39 is 5.41 Å². The molecule has 1 saturated carbocycles. The number of carbonyl (C=O) groups is 2.